The van der Waals surface area contributed by atoms with Gasteiger partial charge in [-0.05, 0) is 48.2 Å². The predicted molar refractivity (Wildman–Crippen MR) is 127 cm³/mol. The van der Waals surface area contributed by atoms with Crippen molar-refractivity contribution in [3.63, 3.8) is 0 Å². The molecule has 3 aromatic heterocycles. The molecule has 0 unspecified atom stereocenters. The molecule has 166 valence electrons. The number of carbonyl (C=O) groups is 1. The van der Waals surface area contributed by atoms with E-state index < -0.39 is 0 Å². The SMILES string of the molecule is C=CCN(C(=O)/C(=C\c1ccco1)n1nnnc1-c1ccccc1)c1nc2c(s1)CCCC2. The second-order valence-electron chi connectivity index (χ2n) is 7.60. The second kappa shape index (κ2) is 9.33. The number of thiazole rings is 1. The van der Waals surface area contributed by atoms with Crippen LogP contribution in [0.4, 0.5) is 5.13 Å². The number of aromatic nitrogens is 5. The van der Waals surface area contributed by atoms with Crippen LogP contribution in [0.1, 0.15) is 29.2 Å². The first-order valence-electron chi connectivity index (χ1n) is 10.8. The van der Waals surface area contributed by atoms with Gasteiger partial charge >= 0.3 is 0 Å². The Kier molecular flexibility index (Phi) is 5.95. The summed E-state index contributed by atoms with van der Waals surface area (Å²) >= 11 is 1.57. The molecule has 0 spiro atoms. The molecule has 1 aromatic carbocycles. The van der Waals surface area contributed by atoms with Crippen LogP contribution in [0.25, 0.3) is 23.2 Å². The molecule has 8 nitrogen and oxygen atoms in total. The Bertz CT molecular complexity index is 1270. The topological polar surface area (TPSA) is 89.9 Å². The maximum atomic E-state index is 14.0. The van der Waals surface area contributed by atoms with Crippen molar-refractivity contribution in [3.05, 3.63) is 77.7 Å². The van der Waals surface area contributed by atoms with Gasteiger partial charge in [-0.2, -0.15) is 4.68 Å². The van der Waals surface area contributed by atoms with E-state index in [-0.39, 0.29) is 11.6 Å². The Morgan fingerprint density at radius 3 is 2.79 bits per heavy atom. The lowest BCUT2D eigenvalue weighted by Gasteiger charge is -2.20. The average molecular weight is 459 g/mol. The number of rotatable bonds is 7. The minimum atomic E-state index is -0.290. The van der Waals surface area contributed by atoms with Gasteiger partial charge < -0.3 is 4.42 Å². The molecule has 0 saturated carbocycles. The van der Waals surface area contributed by atoms with Crippen LogP contribution in [-0.4, -0.2) is 37.6 Å². The van der Waals surface area contributed by atoms with Crippen LogP contribution in [0.3, 0.4) is 0 Å². The van der Waals surface area contributed by atoms with E-state index in [0.29, 0.717) is 23.3 Å². The molecule has 0 fully saturated rings. The van der Waals surface area contributed by atoms with Crippen LogP contribution in [0.2, 0.25) is 0 Å². The molecule has 0 atom stereocenters. The predicted octanol–water partition coefficient (Wildman–Crippen LogP) is 4.49. The number of tetrazole rings is 1. The molecule has 0 bridgehead atoms. The number of carbonyl (C=O) groups excluding carboxylic acids is 1. The Morgan fingerprint density at radius 2 is 2.03 bits per heavy atom. The van der Waals surface area contributed by atoms with E-state index in [4.69, 9.17) is 9.40 Å². The zero-order valence-corrected chi connectivity index (χ0v) is 18.7. The highest BCUT2D eigenvalue weighted by molar-refractivity contribution is 7.16. The molecule has 1 aliphatic rings. The lowest BCUT2D eigenvalue weighted by atomic mass is 10.0. The molecule has 0 aliphatic heterocycles. The first kappa shape index (κ1) is 21.0. The first-order valence-corrected chi connectivity index (χ1v) is 11.6. The summed E-state index contributed by atoms with van der Waals surface area (Å²) < 4.78 is 6.96. The van der Waals surface area contributed by atoms with Crippen molar-refractivity contribution in [1.29, 1.82) is 0 Å². The number of hydrogen-bond acceptors (Lipinski definition) is 7. The van der Waals surface area contributed by atoms with Crippen molar-refractivity contribution in [2.45, 2.75) is 25.7 Å². The van der Waals surface area contributed by atoms with Gasteiger partial charge in [-0.3, -0.25) is 9.69 Å². The summed E-state index contributed by atoms with van der Waals surface area (Å²) in [5.41, 5.74) is 2.14. The molecule has 33 heavy (non-hydrogen) atoms. The molecule has 0 N–H and O–H groups in total. The van der Waals surface area contributed by atoms with Crippen molar-refractivity contribution in [1.82, 2.24) is 25.2 Å². The fourth-order valence-corrected chi connectivity index (χ4v) is 4.96. The Morgan fingerprint density at radius 1 is 1.18 bits per heavy atom. The molecule has 1 aliphatic carbocycles. The quantitative estimate of drug-likeness (QED) is 0.299. The third-order valence-electron chi connectivity index (χ3n) is 5.39. The highest BCUT2D eigenvalue weighted by Crippen LogP contribution is 2.33. The van der Waals surface area contributed by atoms with Gasteiger partial charge in [0.2, 0.25) is 0 Å². The third kappa shape index (κ3) is 4.27. The van der Waals surface area contributed by atoms with Crippen LogP contribution >= 0.6 is 11.3 Å². The Labute approximate surface area is 194 Å². The van der Waals surface area contributed by atoms with E-state index in [0.717, 1.165) is 36.9 Å². The zero-order chi connectivity index (χ0) is 22.6. The van der Waals surface area contributed by atoms with E-state index in [2.05, 4.69) is 22.1 Å². The summed E-state index contributed by atoms with van der Waals surface area (Å²) in [6, 6.07) is 13.0. The van der Waals surface area contributed by atoms with E-state index in [1.54, 1.807) is 46.8 Å². The largest absolute Gasteiger partial charge is 0.465 e. The summed E-state index contributed by atoms with van der Waals surface area (Å²) in [4.78, 5) is 21.6. The van der Waals surface area contributed by atoms with Crippen LogP contribution in [0.15, 0.2) is 65.8 Å². The summed E-state index contributed by atoms with van der Waals surface area (Å²) in [6.45, 7) is 4.16. The molecule has 5 rings (SSSR count). The van der Waals surface area contributed by atoms with Crippen LogP contribution < -0.4 is 4.90 Å². The van der Waals surface area contributed by atoms with E-state index in [9.17, 15) is 4.79 Å². The lowest BCUT2D eigenvalue weighted by Crippen LogP contribution is -2.33. The van der Waals surface area contributed by atoms with Crippen LogP contribution in [-0.2, 0) is 17.6 Å². The minimum Gasteiger partial charge on any atom is -0.465 e. The number of furan rings is 1. The Balaban J connectivity index is 1.60. The summed E-state index contributed by atoms with van der Waals surface area (Å²) in [6.07, 6.45) is 9.13. The number of amides is 1. The fraction of sp³-hybridized carbons (Fsp3) is 0.208. The van der Waals surface area contributed by atoms with Gasteiger partial charge in [0.1, 0.15) is 11.5 Å². The van der Waals surface area contributed by atoms with E-state index >= 15 is 0 Å². The zero-order valence-electron chi connectivity index (χ0n) is 17.9. The minimum absolute atomic E-state index is 0.254. The normalized spacial score (nSPS) is 13.5. The molecule has 0 saturated heterocycles. The van der Waals surface area contributed by atoms with E-state index in [1.807, 2.05) is 30.3 Å². The molecular formula is C24H22N6O2S. The van der Waals surface area contributed by atoms with Crippen molar-refractivity contribution in [2.75, 3.05) is 11.4 Å². The summed E-state index contributed by atoms with van der Waals surface area (Å²) in [5.74, 6) is 0.686. The van der Waals surface area contributed by atoms with Gasteiger partial charge in [0, 0.05) is 23.1 Å². The van der Waals surface area contributed by atoms with Gasteiger partial charge in [0.25, 0.3) is 5.91 Å². The van der Waals surface area contributed by atoms with E-state index in [1.165, 1.54) is 9.56 Å². The molecule has 9 heteroatoms. The van der Waals surface area contributed by atoms with Crippen molar-refractivity contribution < 1.29 is 9.21 Å². The molecule has 3 heterocycles. The van der Waals surface area contributed by atoms with Crippen LogP contribution in [0.5, 0.6) is 0 Å². The van der Waals surface area contributed by atoms with Crippen LogP contribution in [0, 0.1) is 0 Å². The summed E-state index contributed by atoms with van der Waals surface area (Å²) in [5, 5.41) is 12.8. The van der Waals surface area contributed by atoms with Crippen molar-refractivity contribution >= 4 is 34.1 Å². The molecule has 0 radical (unpaired) electrons. The summed E-state index contributed by atoms with van der Waals surface area (Å²) in [7, 11) is 0. The number of fused-ring (bicyclic) bond motifs is 1. The first-order chi connectivity index (χ1) is 16.2. The van der Waals surface area contributed by atoms with Crippen molar-refractivity contribution in [3.8, 4) is 11.4 Å². The Hall–Kier alpha value is -3.85. The molecule has 1 amide bonds. The number of benzene rings is 1. The fourth-order valence-electron chi connectivity index (χ4n) is 3.81. The van der Waals surface area contributed by atoms with Gasteiger partial charge in [0.15, 0.2) is 11.0 Å². The smallest absolute Gasteiger partial charge is 0.279 e. The maximum Gasteiger partial charge on any atom is 0.279 e. The molecular weight excluding hydrogens is 436 g/mol. The second-order valence-corrected chi connectivity index (χ2v) is 8.67. The van der Waals surface area contributed by atoms with Gasteiger partial charge in [-0.25, -0.2) is 4.98 Å². The third-order valence-corrected chi connectivity index (χ3v) is 6.57. The molecule has 4 aromatic rings. The average Bonchev–Trinajstić information content (AvgIpc) is 3.61. The number of anilines is 1. The number of nitrogens with zero attached hydrogens (tertiary/aromatic N) is 6. The van der Waals surface area contributed by atoms with Gasteiger partial charge in [0.05, 0.1) is 12.0 Å². The number of aryl methyl sites for hydroxylation is 2. The number of hydrogen-bond donors (Lipinski definition) is 0. The van der Waals surface area contributed by atoms with Gasteiger partial charge in [-0.1, -0.05) is 36.4 Å². The highest BCUT2D eigenvalue weighted by atomic mass is 32.1. The maximum absolute atomic E-state index is 14.0. The lowest BCUT2D eigenvalue weighted by molar-refractivity contribution is -0.113. The standard InChI is InChI=1S/C24H22N6O2S/c1-2-14-29(24-25-19-12-6-7-13-21(19)33-24)23(31)20(16-18-11-8-15-32-18)30-22(26-27-28-30)17-9-4-3-5-10-17/h2-5,8-11,15-16H,1,6-7,12-14H2/b20-16+. The van der Waals surface area contributed by atoms with Crippen molar-refractivity contribution in [2.24, 2.45) is 0 Å². The highest BCUT2D eigenvalue weighted by Gasteiger charge is 2.28. The van der Waals surface area contributed by atoms with Gasteiger partial charge in [-0.15, -0.1) is 23.0 Å². The monoisotopic (exact) mass is 458 g/mol.